The Hall–Kier alpha value is -3.74. The summed E-state index contributed by atoms with van der Waals surface area (Å²) >= 11 is 0. The molecule has 0 aromatic heterocycles. The lowest BCUT2D eigenvalue weighted by atomic mass is 9.92. The van der Waals surface area contributed by atoms with Crippen LogP contribution in [0.25, 0.3) is 0 Å². The van der Waals surface area contributed by atoms with Crippen LogP contribution in [0, 0.1) is 11.3 Å². The molecule has 32 heavy (non-hydrogen) atoms. The van der Waals surface area contributed by atoms with Crippen LogP contribution in [0.3, 0.4) is 0 Å². The van der Waals surface area contributed by atoms with E-state index in [1.807, 2.05) is 0 Å². The zero-order valence-corrected chi connectivity index (χ0v) is 17.2. The third kappa shape index (κ3) is 8.18. The normalized spacial score (nSPS) is 12.7. The summed E-state index contributed by atoms with van der Waals surface area (Å²) in [5.41, 5.74) is 0.946. The van der Waals surface area contributed by atoms with Gasteiger partial charge in [-0.25, -0.2) is 4.79 Å². The Morgan fingerprint density at radius 2 is 1.75 bits per heavy atom. The van der Waals surface area contributed by atoms with Gasteiger partial charge in [-0.15, -0.1) is 13.2 Å². The van der Waals surface area contributed by atoms with Gasteiger partial charge in [-0.1, -0.05) is 55.5 Å². The summed E-state index contributed by atoms with van der Waals surface area (Å²) in [6.07, 6.45) is -5.81. The second-order valence-corrected chi connectivity index (χ2v) is 6.86. The Balaban J connectivity index is 2.10. The summed E-state index contributed by atoms with van der Waals surface area (Å²) in [6.45, 7) is 1.27. The third-order valence-electron chi connectivity index (χ3n) is 4.43. The van der Waals surface area contributed by atoms with Crippen LogP contribution in [-0.2, 0) is 16.1 Å². The Morgan fingerprint density at radius 3 is 2.41 bits per heavy atom. The van der Waals surface area contributed by atoms with Crippen LogP contribution in [0.15, 0.2) is 54.6 Å². The minimum atomic E-state index is -4.88. The van der Waals surface area contributed by atoms with Crippen molar-refractivity contribution in [3.8, 4) is 11.8 Å². The SMILES string of the molecule is C[C@@H](C[C@H](NC(=O)OCc1ccccc1)C(=O)NCC#N)c1ccccc1OC(F)(F)F. The third-order valence-corrected chi connectivity index (χ3v) is 4.43. The van der Waals surface area contributed by atoms with Crippen molar-refractivity contribution in [2.45, 2.75) is 38.3 Å². The summed E-state index contributed by atoms with van der Waals surface area (Å²) in [7, 11) is 0. The van der Waals surface area contributed by atoms with Gasteiger partial charge in [0.2, 0.25) is 5.91 Å². The highest BCUT2D eigenvalue weighted by Crippen LogP contribution is 2.33. The molecule has 0 fully saturated rings. The van der Waals surface area contributed by atoms with E-state index >= 15 is 0 Å². The zero-order chi connectivity index (χ0) is 23.6. The molecule has 0 spiro atoms. The summed E-state index contributed by atoms with van der Waals surface area (Å²) in [4.78, 5) is 24.7. The molecule has 0 saturated carbocycles. The smallest absolute Gasteiger partial charge is 0.445 e. The molecule has 0 aliphatic heterocycles. The first kappa shape index (κ1) is 24.5. The van der Waals surface area contributed by atoms with Crippen molar-refractivity contribution in [1.82, 2.24) is 10.6 Å². The molecule has 0 radical (unpaired) electrons. The molecule has 0 aliphatic rings. The van der Waals surface area contributed by atoms with Crippen LogP contribution in [0.1, 0.15) is 30.4 Å². The highest BCUT2D eigenvalue weighted by molar-refractivity contribution is 5.85. The van der Waals surface area contributed by atoms with E-state index in [0.717, 1.165) is 5.56 Å². The molecule has 2 rings (SSSR count). The number of nitrogens with one attached hydrogen (secondary N) is 2. The topological polar surface area (TPSA) is 100 Å². The van der Waals surface area contributed by atoms with Crippen molar-refractivity contribution < 1.29 is 32.2 Å². The fourth-order valence-corrected chi connectivity index (χ4v) is 2.97. The van der Waals surface area contributed by atoms with E-state index < -0.39 is 36.1 Å². The Kier molecular flexibility index (Phi) is 8.89. The number of para-hydroxylation sites is 1. The Bertz CT molecular complexity index is 945. The second-order valence-electron chi connectivity index (χ2n) is 6.86. The maximum Gasteiger partial charge on any atom is 0.573 e. The van der Waals surface area contributed by atoms with Crippen molar-refractivity contribution in [2.75, 3.05) is 6.54 Å². The molecule has 2 aromatic carbocycles. The van der Waals surface area contributed by atoms with Crippen molar-refractivity contribution >= 4 is 12.0 Å². The molecule has 7 nitrogen and oxygen atoms in total. The first-order chi connectivity index (χ1) is 15.2. The Labute approximate surface area is 183 Å². The van der Waals surface area contributed by atoms with Crippen molar-refractivity contribution in [3.63, 3.8) is 0 Å². The number of benzene rings is 2. The van der Waals surface area contributed by atoms with Gasteiger partial charge in [0.05, 0.1) is 6.07 Å². The fraction of sp³-hybridized carbons (Fsp3) is 0.318. The second kappa shape index (κ2) is 11.6. The molecule has 2 amide bonds. The standard InChI is InChI=1S/C22H22F3N3O4/c1-15(17-9-5-6-10-19(17)32-22(23,24)25)13-18(20(29)27-12-11-26)28-21(30)31-14-16-7-3-2-4-8-16/h2-10,15,18H,12-14H2,1H3,(H,27,29)(H,28,30)/t15-,18-/m0/s1. The molecule has 0 bridgehead atoms. The number of alkyl carbamates (subject to hydrolysis) is 1. The molecule has 0 heterocycles. The molecular formula is C22H22F3N3O4. The van der Waals surface area contributed by atoms with E-state index in [9.17, 15) is 22.8 Å². The summed E-state index contributed by atoms with van der Waals surface area (Å²) in [5.74, 6) is -1.67. The number of nitriles is 1. The minimum Gasteiger partial charge on any atom is -0.445 e. The van der Waals surface area contributed by atoms with Crippen molar-refractivity contribution in [2.24, 2.45) is 0 Å². The number of hydrogen-bond donors (Lipinski definition) is 2. The zero-order valence-electron chi connectivity index (χ0n) is 17.2. The molecular weight excluding hydrogens is 427 g/mol. The molecule has 0 unspecified atom stereocenters. The molecule has 2 aromatic rings. The number of ether oxygens (including phenoxy) is 2. The van der Waals surface area contributed by atoms with E-state index in [0.29, 0.717) is 0 Å². The highest BCUT2D eigenvalue weighted by atomic mass is 19.4. The number of alkyl halides is 3. The van der Waals surface area contributed by atoms with Crippen molar-refractivity contribution in [1.29, 1.82) is 5.26 Å². The van der Waals surface area contributed by atoms with Gasteiger partial charge in [0.25, 0.3) is 0 Å². The van der Waals surface area contributed by atoms with Gasteiger partial charge >= 0.3 is 12.5 Å². The van der Waals surface area contributed by atoms with Crippen LogP contribution in [0.4, 0.5) is 18.0 Å². The molecule has 10 heteroatoms. The van der Waals surface area contributed by atoms with Gasteiger partial charge in [-0.2, -0.15) is 5.26 Å². The molecule has 170 valence electrons. The molecule has 0 aliphatic carbocycles. The molecule has 0 saturated heterocycles. The maximum atomic E-state index is 12.7. The lowest BCUT2D eigenvalue weighted by molar-refractivity contribution is -0.275. The van der Waals surface area contributed by atoms with Crippen LogP contribution in [0.5, 0.6) is 5.75 Å². The van der Waals surface area contributed by atoms with E-state index in [1.165, 1.54) is 18.2 Å². The predicted molar refractivity (Wildman–Crippen MR) is 108 cm³/mol. The van der Waals surface area contributed by atoms with E-state index in [-0.39, 0.29) is 25.1 Å². The number of halogens is 3. The number of rotatable bonds is 9. The van der Waals surface area contributed by atoms with Crippen LogP contribution in [-0.4, -0.2) is 30.9 Å². The summed E-state index contributed by atoms with van der Waals surface area (Å²) < 4.78 is 47.4. The number of carbonyl (C=O) groups excluding carboxylic acids is 2. The van der Waals surface area contributed by atoms with Gasteiger partial charge in [0.1, 0.15) is 24.9 Å². The number of nitrogens with zero attached hydrogens (tertiary/aromatic N) is 1. The lowest BCUT2D eigenvalue weighted by Gasteiger charge is -2.23. The van der Waals surface area contributed by atoms with Crippen LogP contribution < -0.4 is 15.4 Å². The quantitative estimate of drug-likeness (QED) is 0.564. The lowest BCUT2D eigenvalue weighted by Crippen LogP contribution is -2.47. The minimum absolute atomic E-state index is 0.0307. The summed E-state index contributed by atoms with van der Waals surface area (Å²) in [6, 6.07) is 15.0. The van der Waals surface area contributed by atoms with E-state index in [2.05, 4.69) is 15.4 Å². The largest absolute Gasteiger partial charge is 0.573 e. The van der Waals surface area contributed by atoms with E-state index in [4.69, 9.17) is 10.00 Å². The monoisotopic (exact) mass is 449 g/mol. The first-order valence-electron chi connectivity index (χ1n) is 9.66. The van der Waals surface area contributed by atoms with Gasteiger partial charge in [0, 0.05) is 0 Å². The first-order valence-corrected chi connectivity index (χ1v) is 9.66. The van der Waals surface area contributed by atoms with Crippen molar-refractivity contribution in [3.05, 3.63) is 65.7 Å². The number of hydrogen-bond acceptors (Lipinski definition) is 5. The van der Waals surface area contributed by atoms with Gasteiger partial charge in [-0.05, 0) is 29.5 Å². The Morgan fingerprint density at radius 1 is 1.09 bits per heavy atom. The average Bonchev–Trinajstić information content (AvgIpc) is 2.75. The number of amides is 2. The fourth-order valence-electron chi connectivity index (χ4n) is 2.97. The van der Waals surface area contributed by atoms with Gasteiger partial charge < -0.3 is 20.1 Å². The average molecular weight is 449 g/mol. The predicted octanol–water partition coefficient (Wildman–Crippen LogP) is 4.01. The number of carbonyl (C=O) groups is 2. The van der Waals surface area contributed by atoms with Gasteiger partial charge in [-0.3, -0.25) is 4.79 Å². The van der Waals surface area contributed by atoms with Crippen LogP contribution in [0.2, 0.25) is 0 Å². The van der Waals surface area contributed by atoms with Crippen LogP contribution >= 0.6 is 0 Å². The van der Waals surface area contributed by atoms with E-state index in [1.54, 1.807) is 49.4 Å². The van der Waals surface area contributed by atoms with Gasteiger partial charge in [0.15, 0.2) is 0 Å². The maximum absolute atomic E-state index is 12.7. The molecule has 2 atom stereocenters. The summed E-state index contributed by atoms with van der Waals surface area (Å²) in [5, 5.41) is 13.5. The molecule has 2 N–H and O–H groups in total. The highest BCUT2D eigenvalue weighted by Gasteiger charge is 2.33.